The molecule has 1 N–H and O–H groups in total. The van der Waals surface area contributed by atoms with Crippen LogP contribution in [0.25, 0.3) is 0 Å². The Balaban J connectivity index is 2.74. The Bertz CT molecular complexity index is 421. The molecule has 0 atom stereocenters. The molecule has 1 rings (SSSR count). The number of carbonyl (C=O) groups is 1. The van der Waals surface area contributed by atoms with Crippen LogP contribution in [0.15, 0.2) is 12.1 Å². The fourth-order valence-corrected chi connectivity index (χ4v) is 1.73. The summed E-state index contributed by atoms with van der Waals surface area (Å²) in [5, 5.41) is 3.13. The first-order chi connectivity index (χ1) is 9.08. The molecule has 0 radical (unpaired) electrons. The summed E-state index contributed by atoms with van der Waals surface area (Å²) in [4.78, 5) is 18.3. The van der Waals surface area contributed by atoms with E-state index in [0.29, 0.717) is 25.3 Å². The van der Waals surface area contributed by atoms with Gasteiger partial charge in [-0.25, -0.2) is 4.98 Å². The van der Waals surface area contributed by atoms with Crippen molar-refractivity contribution >= 4 is 11.7 Å². The van der Waals surface area contributed by atoms with Crippen molar-refractivity contribution in [3.05, 3.63) is 23.4 Å². The number of aromatic nitrogens is 1. The lowest BCUT2D eigenvalue weighted by molar-refractivity contribution is 0.0710. The average molecular weight is 265 g/mol. The fraction of sp³-hybridized carbons (Fsp3) is 0.571. The molecule has 0 saturated carbocycles. The van der Waals surface area contributed by atoms with Crippen LogP contribution < -0.4 is 5.32 Å². The number of amides is 1. The number of nitrogens with one attached hydrogen (secondary N) is 1. The van der Waals surface area contributed by atoms with Crippen LogP contribution in [0.2, 0.25) is 0 Å². The Labute approximate surface area is 115 Å². The van der Waals surface area contributed by atoms with E-state index in [1.807, 2.05) is 20.8 Å². The van der Waals surface area contributed by atoms with E-state index in [1.54, 1.807) is 24.1 Å². The lowest BCUT2D eigenvalue weighted by Crippen LogP contribution is -2.30. The molecule has 0 bridgehead atoms. The van der Waals surface area contributed by atoms with Gasteiger partial charge < -0.3 is 15.0 Å². The molecule has 5 nitrogen and oxygen atoms in total. The number of hydrogen-bond donors (Lipinski definition) is 1. The van der Waals surface area contributed by atoms with Crippen LogP contribution in [0.4, 0.5) is 5.82 Å². The number of aryl methyl sites for hydroxylation is 1. The van der Waals surface area contributed by atoms with Gasteiger partial charge in [-0.15, -0.1) is 0 Å². The summed E-state index contributed by atoms with van der Waals surface area (Å²) in [7, 11) is 1.78. The van der Waals surface area contributed by atoms with E-state index in [1.165, 1.54) is 0 Å². The van der Waals surface area contributed by atoms with Crippen LogP contribution in [0.3, 0.4) is 0 Å². The SMILES string of the molecule is CCNc1cc(C(=O)N(C)CCOCC)cc(C)n1. The molecule has 0 aliphatic carbocycles. The second kappa shape index (κ2) is 7.74. The first-order valence-electron chi connectivity index (χ1n) is 6.64. The van der Waals surface area contributed by atoms with Gasteiger partial charge in [0.25, 0.3) is 5.91 Å². The summed E-state index contributed by atoms with van der Waals surface area (Å²) in [6.07, 6.45) is 0. The molecule has 1 aromatic heterocycles. The van der Waals surface area contributed by atoms with Crippen LogP contribution in [-0.4, -0.2) is 49.1 Å². The van der Waals surface area contributed by atoms with Gasteiger partial charge in [0.15, 0.2) is 0 Å². The molecule has 106 valence electrons. The third-order valence-electron chi connectivity index (χ3n) is 2.68. The molecule has 5 heteroatoms. The van der Waals surface area contributed by atoms with Gasteiger partial charge in [0.1, 0.15) is 5.82 Å². The summed E-state index contributed by atoms with van der Waals surface area (Å²) >= 11 is 0. The van der Waals surface area contributed by atoms with Crippen LogP contribution in [-0.2, 0) is 4.74 Å². The molecule has 0 aliphatic heterocycles. The molecule has 0 unspecified atom stereocenters. The number of likely N-dealkylation sites (N-methyl/N-ethyl adjacent to an activating group) is 1. The van der Waals surface area contributed by atoms with Crippen LogP contribution in [0, 0.1) is 6.92 Å². The highest BCUT2D eigenvalue weighted by Gasteiger charge is 2.13. The summed E-state index contributed by atoms with van der Waals surface area (Å²) in [6.45, 7) is 8.42. The van der Waals surface area contributed by atoms with Crippen molar-refractivity contribution in [2.45, 2.75) is 20.8 Å². The highest BCUT2D eigenvalue weighted by Crippen LogP contribution is 2.12. The summed E-state index contributed by atoms with van der Waals surface area (Å²) in [6, 6.07) is 3.59. The minimum absolute atomic E-state index is 0.00986. The number of rotatable bonds is 7. The Morgan fingerprint density at radius 1 is 1.42 bits per heavy atom. The zero-order valence-corrected chi connectivity index (χ0v) is 12.2. The zero-order chi connectivity index (χ0) is 14.3. The van der Waals surface area contributed by atoms with Gasteiger partial charge in [-0.3, -0.25) is 4.79 Å². The average Bonchev–Trinajstić information content (AvgIpc) is 2.37. The van der Waals surface area contributed by atoms with Crippen LogP contribution in [0.1, 0.15) is 29.9 Å². The lowest BCUT2D eigenvalue weighted by atomic mass is 10.2. The maximum Gasteiger partial charge on any atom is 0.253 e. The standard InChI is InChI=1S/C14H23N3O2/c1-5-15-13-10-12(9-11(3)16-13)14(18)17(4)7-8-19-6-2/h9-10H,5-8H2,1-4H3,(H,15,16). The van der Waals surface area contributed by atoms with Crippen LogP contribution in [0.5, 0.6) is 0 Å². The molecule has 0 spiro atoms. The lowest BCUT2D eigenvalue weighted by Gasteiger charge is -2.17. The number of ether oxygens (including phenoxy) is 1. The van der Waals surface area contributed by atoms with Gasteiger partial charge in [0.05, 0.1) is 6.61 Å². The van der Waals surface area contributed by atoms with Crippen LogP contribution >= 0.6 is 0 Å². The minimum atomic E-state index is -0.00986. The van der Waals surface area contributed by atoms with Crippen molar-refractivity contribution < 1.29 is 9.53 Å². The number of hydrogen-bond acceptors (Lipinski definition) is 4. The number of nitrogens with zero attached hydrogens (tertiary/aromatic N) is 2. The molecule has 1 amide bonds. The van der Waals surface area contributed by atoms with Crippen molar-refractivity contribution in [2.24, 2.45) is 0 Å². The molecule has 0 aromatic carbocycles. The Kier molecular flexibility index (Phi) is 6.29. The predicted octanol–water partition coefficient (Wildman–Crippen LogP) is 1.93. The largest absolute Gasteiger partial charge is 0.380 e. The second-order valence-electron chi connectivity index (χ2n) is 4.34. The van der Waals surface area contributed by atoms with Gasteiger partial charge in [0, 0.05) is 38.0 Å². The van der Waals surface area contributed by atoms with E-state index in [-0.39, 0.29) is 5.91 Å². The predicted molar refractivity (Wildman–Crippen MR) is 76.6 cm³/mol. The maximum atomic E-state index is 12.3. The van der Waals surface area contributed by atoms with Crippen molar-refractivity contribution in [2.75, 3.05) is 38.7 Å². The van der Waals surface area contributed by atoms with Crippen molar-refractivity contribution in [1.82, 2.24) is 9.88 Å². The van der Waals surface area contributed by atoms with E-state index < -0.39 is 0 Å². The van der Waals surface area contributed by atoms with Gasteiger partial charge >= 0.3 is 0 Å². The van der Waals surface area contributed by atoms with E-state index in [0.717, 1.165) is 18.1 Å². The number of pyridine rings is 1. The van der Waals surface area contributed by atoms with Gasteiger partial charge in [0.2, 0.25) is 0 Å². The van der Waals surface area contributed by atoms with E-state index in [4.69, 9.17) is 4.74 Å². The third-order valence-corrected chi connectivity index (χ3v) is 2.68. The summed E-state index contributed by atoms with van der Waals surface area (Å²) < 4.78 is 5.26. The molecule has 0 fully saturated rings. The smallest absolute Gasteiger partial charge is 0.253 e. The van der Waals surface area contributed by atoms with E-state index in [2.05, 4.69) is 10.3 Å². The summed E-state index contributed by atoms with van der Waals surface area (Å²) in [5.74, 6) is 0.730. The van der Waals surface area contributed by atoms with Crippen molar-refractivity contribution in [3.8, 4) is 0 Å². The molecule has 0 aliphatic rings. The Morgan fingerprint density at radius 2 is 2.16 bits per heavy atom. The van der Waals surface area contributed by atoms with Gasteiger partial charge in [-0.05, 0) is 32.9 Å². The monoisotopic (exact) mass is 265 g/mol. The highest BCUT2D eigenvalue weighted by atomic mass is 16.5. The molecule has 1 aromatic rings. The van der Waals surface area contributed by atoms with E-state index >= 15 is 0 Å². The maximum absolute atomic E-state index is 12.3. The van der Waals surface area contributed by atoms with Crippen molar-refractivity contribution in [3.63, 3.8) is 0 Å². The quantitative estimate of drug-likeness (QED) is 0.765. The molecule has 1 heterocycles. The fourth-order valence-electron chi connectivity index (χ4n) is 1.73. The number of anilines is 1. The Morgan fingerprint density at radius 3 is 2.79 bits per heavy atom. The van der Waals surface area contributed by atoms with E-state index in [9.17, 15) is 4.79 Å². The normalized spacial score (nSPS) is 10.3. The zero-order valence-electron chi connectivity index (χ0n) is 12.2. The molecule has 0 saturated heterocycles. The Hall–Kier alpha value is -1.62. The van der Waals surface area contributed by atoms with Gasteiger partial charge in [-0.2, -0.15) is 0 Å². The minimum Gasteiger partial charge on any atom is -0.380 e. The van der Waals surface area contributed by atoms with Gasteiger partial charge in [-0.1, -0.05) is 0 Å². The highest BCUT2D eigenvalue weighted by molar-refractivity contribution is 5.94. The molecular weight excluding hydrogens is 242 g/mol. The molecule has 19 heavy (non-hydrogen) atoms. The first kappa shape index (κ1) is 15.4. The topological polar surface area (TPSA) is 54.5 Å². The summed E-state index contributed by atoms with van der Waals surface area (Å²) in [5.41, 5.74) is 1.49. The van der Waals surface area contributed by atoms with Crippen molar-refractivity contribution in [1.29, 1.82) is 0 Å². The second-order valence-corrected chi connectivity index (χ2v) is 4.34. The third kappa shape index (κ3) is 4.87. The first-order valence-corrected chi connectivity index (χ1v) is 6.64. The number of carbonyl (C=O) groups excluding carboxylic acids is 1. The molecular formula is C14H23N3O2.